The van der Waals surface area contributed by atoms with Gasteiger partial charge in [-0.15, -0.1) is 0 Å². The second-order valence-corrected chi connectivity index (χ2v) is 6.65. The van der Waals surface area contributed by atoms with E-state index < -0.39 is 0 Å². The second kappa shape index (κ2) is 7.26. The van der Waals surface area contributed by atoms with Crippen LogP contribution >= 0.6 is 0 Å². The molecule has 21 heavy (non-hydrogen) atoms. The normalized spacial score (nSPS) is 23.9. The highest BCUT2D eigenvalue weighted by Crippen LogP contribution is 2.33. The molecule has 0 amide bonds. The van der Waals surface area contributed by atoms with Crippen LogP contribution in [0.15, 0.2) is 18.2 Å². The monoisotopic (exact) mass is 292 g/mol. The van der Waals surface area contributed by atoms with Gasteiger partial charge >= 0.3 is 0 Å². The van der Waals surface area contributed by atoms with Crippen LogP contribution in [0.3, 0.4) is 0 Å². The fourth-order valence-corrected chi connectivity index (χ4v) is 3.55. The molecule has 2 rings (SSSR count). The predicted octanol–water partition coefficient (Wildman–Crippen LogP) is 4.12. The van der Waals surface area contributed by atoms with Crippen molar-refractivity contribution in [1.82, 2.24) is 0 Å². The van der Waals surface area contributed by atoms with Crippen molar-refractivity contribution >= 4 is 5.69 Å². The Hall–Kier alpha value is -1.09. The van der Waals surface area contributed by atoms with E-state index >= 15 is 0 Å². The Morgan fingerprint density at radius 2 is 1.95 bits per heavy atom. The zero-order valence-corrected chi connectivity index (χ0v) is 13.6. The number of nitrogens with zero attached hydrogens (tertiary/aromatic N) is 1. The summed E-state index contributed by atoms with van der Waals surface area (Å²) in [5.41, 5.74) is 8.10. The molecule has 0 bridgehead atoms. The fraction of sp³-hybridized carbons (Fsp3) is 0.667. The Morgan fingerprint density at radius 3 is 2.52 bits per heavy atom. The van der Waals surface area contributed by atoms with Crippen molar-refractivity contribution in [3.8, 4) is 0 Å². The van der Waals surface area contributed by atoms with Crippen molar-refractivity contribution in [1.29, 1.82) is 0 Å². The van der Waals surface area contributed by atoms with Gasteiger partial charge in [0.05, 0.1) is 0 Å². The summed E-state index contributed by atoms with van der Waals surface area (Å²) in [6, 6.07) is 5.75. The lowest BCUT2D eigenvalue weighted by Gasteiger charge is -2.37. The van der Waals surface area contributed by atoms with Gasteiger partial charge in [-0.1, -0.05) is 13.3 Å². The maximum Gasteiger partial charge on any atom is 0.123 e. The van der Waals surface area contributed by atoms with E-state index in [1.807, 2.05) is 13.0 Å². The number of nitrogens with two attached hydrogens (primary N) is 1. The summed E-state index contributed by atoms with van der Waals surface area (Å²) < 4.78 is 13.5. The molecule has 1 aliphatic carbocycles. The SMILES string of the molecule is CCC1CCC(N(C)c2ccc(F)cc2CC(C)N)CC1. The van der Waals surface area contributed by atoms with Crippen LogP contribution in [0.5, 0.6) is 0 Å². The van der Waals surface area contributed by atoms with Crippen LogP contribution in [0.2, 0.25) is 0 Å². The van der Waals surface area contributed by atoms with E-state index in [1.54, 1.807) is 12.1 Å². The molecule has 1 fully saturated rings. The van der Waals surface area contributed by atoms with Crippen LogP contribution in [-0.2, 0) is 6.42 Å². The Labute approximate surface area is 128 Å². The summed E-state index contributed by atoms with van der Waals surface area (Å²) in [5, 5.41) is 0. The molecule has 1 atom stereocenters. The smallest absolute Gasteiger partial charge is 0.123 e. The average Bonchev–Trinajstić information content (AvgIpc) is 2.46. The first-order valence-electron chi connectivity index (χ1n) is 8.28. The van der Waals surface area contributed by atoms with Crippen LogP contribution in [0.1, 0.15) is 51.5 Å². The fourth-order valence-electron chi connectivity index (χ4n) is 3.55. The first-order valence-corrected chi connectivity index (χ1v) is 8.28. The van der Waals surface area contributed by atoms with Gasteiger partial charge in [0.2, 0.25) is 0 Å². The minimum Gasteiger partial charge on any atom is -0.371 e. The molecule has 0 saturated heterocycles. The van der Waals surface area contributed by atoms with Crippen LogP contribution in [0.25, 0.3) is 0 Å². The summed E-state index contributed by atoms with van der Waals surface area (Å²) in [6.07, 6.45) is 7.13. The standard InChI is InChI=1S/C18H29FN2/c1-4-14-5-8-17(9-6-14)21(3)18-10-7-16(19)12-15(18)11-13(2)20/h7,10,12-14,17H,4-6,8-9,11,20H2,1-3H3. The van der Waals surface area contributed by atoms with Gasteiger partial charge in [0.25, 0.3) is 0 Å². The van der Waals surface area contributed by atoms with Gasteiger partial charge in [-0.2, -0.15) is 0 Å². The van der Waals surface area contributed by atoms with Crippen molar-refractivity contribution in [3.05, 3.63) is 29.6 Å². The average molecular weight is 292 g/mol. The molecule has 0 heterocycles. The molecule has 1 aromatic carbocycles. The molecule has 1 aliphatic rings. The van der Waals surface area contributed by atoms with E-state index in [-0.39, 0.29) is 11.9 Å². The van der Waals surface area contributed by atoms with Crippen molar-refractivity contribution < 1.29 is 4.39 Å². The molecule has 0 aliphatic heterocycles. The van der Waals surface area contributed by atoms with Crippen molar-refractivity contribution in [2.75, 3.05) is 11.9 Å². The highest BCUT2D eigenvalue weighted by Gasteiger charge is 2.24. The van der Waals surface area contributed by atoms with Gasteiger partial charge in [0.1, 0.15) is 5.82 Å². The molecule has 2 nitrogen and oxygen atoms in total. The zero-order chi connectivity index (χ0) is 15.4. The van der Waals surface area contributed by atoms with E-state index in [0.717, 1.165) is 23.6 Å². The third kappa shape index (κ3) is 4.19. The molecule has 1 unspecified atom stereocenters. The van der Waals surface area contributed by atoms with Crippen LogP contribution in [0.4, 0.5) is 10.1 Å². The minimum absolute atomic E-state index is 0.0507. The number of rotatable bonds is 5. The molecule has 0 spiro atoms. The number of benzene rings is 1. The molecule has 1 saturated carbocycles. The van der Waals surface area contributed by atoms with Crippen LogP contribution in [-0.4, -0.2) is 19.1 Å². The van der Waals surface area contributed by atoms with Crippen molar-refractivity contribution in [2.45, 2.75) is 64.5 Å². The molecular formula is C18H29FN2. The lowest BCUT2D eigenvalue weighted by molar-refractivity contribution is 0.313. The van der Waals surface area contributed by atoms with Crippen molar-refractivity contribution in [2.24, 2.45) is 11.7 Å². The molecular weight excluding hydrogens is 263 g/mol. The molecule has 0 radical (unpaired) electrons. The third-order valence-corrected chi connectivity index (χ3v) is 4.90. The van der Waals surface area contributed by atoms with Crippen molar-refractivity contribution in [3.63, 3.8) is 0 Å². The van der Waals surface area contributed by atoms with Gasteiger partial charge in [0, 0.05) is 24.8 Å². The maximum atomic E-state index is 13.5. The van der Waals surface area contributed by atoms with Gasteiger partial charge < -0.3 is 10.6 Å². The van der Waals surface area contributed by atoms with Crippen LogP contribution < -0.4 is 10.6 Å². The van der Waals surface area contributed by atoms with Gasteiger partial charge in [-0.05, 0) is 68.7 Å². The van der Waals surface area contributed by atoms with Gasteiger partial charge in [-0.25, -0.2) is 4.39 Å². The van der Waals surface area contributed by atoms with Gasteiger partial charge in [0.15, 0.2) is 0 Å². The second-order valence-electron chi connectivity index (χ2n) is 6.65. The van der Waals surface area contributed by atoms with E-state index in [9.17, 15) is 4.39 Å². The summed E-state index contributed by atoms with van der Waals surface area (Å²) in [5.74, 6) is 0.726. The van der Waals surface area contributed by atoms with Gasteiger partial charge in [-0.3, -0.25) is 0 Å². The topological polar surface area (TPSA) is 29.3 Å². The van der Waals surface area contributed by atoms with E-state index in [1.165, 1.54) is 32.1 Å². The molecule has 1 aromatic rings. The summed E-state index contributed by atoms with van der Waals surface area (Å²) in [4.78, 5) is 2.35. The van der Waals surface area contributed by atoms with E-state index in [4.69, 9.17) is 5.73 Å². The largest absolute Gasteiger partial charge is 0.371 e. The Balaban J connectivity index is 2.13. The molecule has 2 N–H and O–H groups in total. The lowest BCUT2D eigenvalue weighted by Crippen LogP contribution is -2.36. The number of halogens is 1. The zero-order valence-electron chi connectivity index (χ0n) is 13.6. The van der Waals surface area contributed by atoms with E-state index in [2.05, 4.69) is 18.9 Å². The number of anilines is 1. The molecule has 3 heteroatoms. The summed E-state index contributed by atoms with van der Waals surface area (Å²) in [6.45, 7) is 4.26. The number of hydrogen-bond acceptors (Lipinski definition) is 2. The Kier molecular flexibility index (Phi) is 5.63. The predicted molar refractivity (Wildman–Crippen MR) is 88.2 cm³/mol. The highest BCUT2D eigenvalue weighted by molar-refractivity contribution is 5.54. The Bertz CT molecular complexity index is 451. The highest BCUT2D eigenvalue weighted by atomic mass is 19.1. The minimum atomic E-state index is -0.169. The lowest BCUT2D eigenvalue weighted by atomic mass is 9.84. The quantitative estimate of drug-likeness (QED) is 0.884. The molecule has 0 aromatic heterocycles. The van der Waals surface area contributed by atoms with E-state index in [0.29, 0.717) is 6.04 Å². The Morgan fingerprint density at radius 1 is 1.29 bits per heavy atom. The first kappa shape index (κ1) is 16.3. The first-order chi connectivity index (χ1) is 10.0. The number of hydrogen-bond donors (Lipinski definition) is 1. The third-order valence-electron chi connectivity index (χ3n) is 4.90. The maximum absolute atomic E-state index is 13.5. The molecule has 118 valence electrons. The van der Waals surface area contributed by atoms with Crippen LogP contribution in [0, 0.1) is 11.7 Å². The summed E-state index contributed by atoms with van der Waals surface area (Å²) >= 11 is 0. The summed E-state index contributed by atoms with van der Waals surface area (Å²) in [7, 11) is 2.15.